The maximum Gasteiger partial charge on any atom is 0.120 e. The third-order valence-corrected chi connectivity index (χ3v) is 3.55. The molecule has 2 aromatic carbocycles. The molecule has 0 N–H and O–H groups in total. The van der Waals surface area contributed by atoms with Gasteiger partial charge in [-0.05, 0) is 49.2 Å². The minimum absolute atomic E-state index is 0.754. The van der Waals surface area contributed by atoms with Gasteiger partial charge in [-0.1, -0.05) is 50.7 Å². The molecule has 0 radical (unpaired) electrons. The molecular weight excluding hydrogens is 296 g/mol. The Labute approximate surface area is 145 Å². The standard InChI is InChI=1S/C22H26O2/c1-3-5-15-23-21-11-7-9-19(17-21)13-14-20-10-8-12-22(18-20)24-16-6-4-2/h7-12,17-18H,3-6,15-16H2,1-2H3. The Balaban J connectivity index is 2.01. The summed E-state index contributed by atoms with van der Waals surface area (Å²) in [6, 6.07) is 15.9. The Hall–Kier alpha value is -2.40. The first kappa shape index (κ1) is 17.9. The minimum Gasteiger partial charge on any atom is -0.494 e. The average molecular weight is 322 g/mol. The van der Waals surface area contributed by atoms with Gasteiger partial charge < -0.3 is 9.47 Å². The molecule has 24 heavy (non-hydrogen) atoms. The molecule has 2 heteroatoms. The SMILES string of the molecule is CCCCOc1cccc(C#Cc2cccc(OCCCC)c2)c1. The van der Waals surface area contributed by atoms with Gasteiger partial charge in [0.2, 0.25) is 0 Å². The van der Waals surface area contributed by atoms with Crippen molar-refractivity contribution in [1.29, 1.82) is 0 Å². The van der Waals surface area contributed by atoms with Crippen molar-refractivity contribution in [2.75, 3.05) is 13.2 Å². The molecule has 0 aliphatic heterocycles. The predicted molar refractivity (Wildman–Crippen MR) is 99.7 cm³/mol. The lowest BCUT2D eigenvalue weighted by atomic mass is 10.1. The van der Waals surface area contributed by atoms with E-state index in [1.165, 1.54) is 0 Å². The topological polar surface area (TPSA) is 18.5 Å². The zero-order valence-electron chi connectivity index (χ0n) is 14.7. The van der Waals surface area contributed by atoms with Crippen molar-refractivity contribution in [1.82, 2.24) is 0 Å². The number of rotatable bonds is 8. The second-order valence-electron chi connectivity index (χ2n) is 5.71. The van der Waals surface area contributed by atoms with Gasteiger partial charge in [-0.3, -0.25) is 0 Å². The number of hydrogen-bond donors (Lipinski definition) is 0. The van der Waals surface area contributed by atoms with Crippen LogP contribution in [0, 0.1) is 11.8 Å². The van der Waals surface area contributed by atoms with Crippen LogP contribution in [0.4, 0.5) is 0 Å². The van der Waals surface area contributed by atoms with Crippen molar-refractivity contribution in [3.63, 3.8) is 0 Å². The van der Waals surface area contributed by atoms with Gasteiger partial charge in [0, 0.05) is 11.1 Å². The number of ether oxygens (including phenoxy) is 2. The van der Waals surface area contributed by atoms with E-state index in [1.807, 2.05) is 48.5 Å². The number of hydrogen-bond acceptors (Lipinski definition) is 2. The summed E-state index contributed by atoms with van der Waals surface area (Å²) in [5, 5.41) is 0. The molecule has 0 spiro atoms. The molecule has 0 unspecified atom stereocenters. The van der Waals surface area contributed by atoms with Crippen LogP contribution in [-0.2, 0) is 0 Å². The summed E-state index contributed by atoms with van der Waals surface area (Å²) in [5.41, 5.74) is 1.92. The molecular formula is C22H26O2. The Morgan fingerprint density at radius 2 is 1.17 bits per heavy atom. The van der Waals surface area contributed by atoms with Crippen LogP contribution in [0.2, 0.25) is 0 Å². The van der Waals surface area contributed by atoms with E-state index in [0.29, 0.717) is 0 Å². The van der Waals surface area contributed by atoms with E-state index >= 15 is 0 Å². The third-order valence-electron chi connectivity index (χ3n) is 3.55. The van der Waals surface area contributed by atoms with Crippen LogP contribution in [0.5, 0.6) is 11.5 Å². The van der Waals surface area contributed by atoms with Gasteiger partial charge in [0.05, 0.1) is 13.2 Å². The average Bonchev–Trinajstić information content (AvgIpc) is 2.61. The van der Waals surface area contributed by atoms with Crippen molar-refractivity contribution in [2.45, 2.75) is 39.5 Å². The lowest BCUT2D eigenvalue weighted by Gasteiger charge is -2.05. The summed E-state index contributed by atoms with van der Waals surface area (Å²) in [4.78, 5) is 0. The van der Waals surface area contributed by atoms with Crippen LogP contribution >= 0.6 is 0 Å². The molecule has 0 aromatic heterocycles. The highest BCUT2D eigenvalue weighted by atomic mass is 16.5. The summed E-state index contributed by atoms with van der Waals surface area (Å²) in [6.45, 7) is 5.83. The lowest BCUT2D eigenvalue weighted by Crippen LogP contribution is -1.96. The van der Waals surface area contributed by atoms with Crippen molar-refractivity contribution in [3.05, 3.63) is 59.7 Å². The van der Waals surface area contributed by atoms with Crippen LogP contribution in [-0.4, -0.2) is 13.2 Å². The van der Waals surface area contributed by atoms with Crippen LogP contribution in [0.15, 0.2) is 48.5 Å². The zero-order chi connectivity index (χ0) is 17.0. The molecule has 0 aliphatic rings. The van der Waals surface area contributed by atoms with E-state index in [9.17, 15) is 0 Å². The third kappa shape index (κ3) is 6.38. The van der Waals surface area contributed by atoms with Crippen LogP contribution < -0.4 is 9.47 Å². The molecule has 0 saturated carbocycles. The molecule has 0 amide bonds. The maximum absolute atomic E-state index is 5.73. The highest BCUT2D eigenvalue weighted by Gasteiger charge is 1.96. The van der Waals surface area contributed by atoms with Crippen LogP contribution in [0.1, 0.15) is 50.7 Å². The molecule has 0 saturated heterocycles. The van der Waals surface area contributed by atoms with Crippen molar-refractivity contribution >= 4 is 0 Å². The Morgan fingerprint density at radius 1 is 0.708 bits per heavy atom. The Bertz CT molecular complexity index is 622. The van der Waals surface area contributed by atoms with Crippen molar-refractivity contribution < 1.29 is 9.47 Å². The molecule has 0 atom stereocenters. The highest BCUT2D eigenvalue weighted by molar-refractivity contribution is 5.46. The smallest absolute Gasteiger partial charge is 0.120 e. The first-order valence-corrected chi connectivity index (χ1v) is 8.79. The lowest BCUT2D eigenvalue weighted by molar-refractivity contribution is 0.309. The molecule has 2 aromatic rings. The molecule has 0 bridgehead atoms. The highest BCUT2D eigenvalue weighted by Crippen LogP contribution is 2.15. The number of unbranched alkanes of at least 4 members (excludes halogenated alkanes) is 2. The first-order valence-electron chi connectivity index (χ1n) is 8.79. The largest absolute Gasteiger partial charge is 0.494 e. The molecule has 0 fully saturated rings. The van der Waals surface area contributed by atoms with Gasteiger partial charge in [0.1, 0.15) is 11.5 Å². The Morgan fingerprint density at radius 3 is 1.58 bits per heavy atom. The molecule has 2 nitrogen and oxygen atoms in total. The van der Waals surface area contributed by atoms with Crippen LogP contribution in [0.25, 0.3) is 0 Å². The maximum atomic E-state index is 5.73. The normalized spacial score (nSPS) is 9.92. The second-order valence-corrected chi connectivity index (χ2v) is 5.71. The molecule has 126 valence electrons. The summed E-state index contributed by atoms with van der Waals surface area (Å²) >= 11 is 0. The fraction of sp³-hybridized carbons (Fsp3) is 0.364. The van der Waals surface area contributed by atoms with Crippen molar-refractivity contribution in [2.24, 2.45) is 0 Å². The fourth-order valence-electron chi connectivity index (χ4n) is 2.14. The van der Waals surface area contributed by atoms with E-state index < -0.39 is 0 Å². The minimum atomic E-state index is 0.754. The first-order chi connectivity index (χ1) is 11.8. The van der Waals surface area contributed by atoms with Gasteiger partial charge in [-0.2, -0.15) is 0 Å². The summed E-state index contributed by atoms with van der Waals surface area (Å²) in [7, 11) is 0. The van der Waals surface area contributed by atoms with E-state index in [1.54, 1.807) is 0 Å². The van der Waals surface area contributed by atoms with E-state index in [0.717, 1.165) is 61.5 Å². The van der Waals surface area contributed by atoms with Gasteiger partial charge >= 0.3 is 0 Å². The Kier molecular flexibility index (Phi) is 7.77. The van der Waals surface area contributed by atoms with Gasteiger partial charge in [-0.25, -0.2) is 0 Å². The van der Waals surface area contributed by atoms with Gasteiger partial charge in [-0.15, -0.1) is 0 Å². The second kappa shape index (κ2) is 10.4. The summed E-state index contributed by atoms with van der Waals surface area (Å²) in [6.07, 6.45) is 4.41. The van der Waals surface area contributed by atoms with E-state index in [2.05, 4.69) is 25.7 Å². The van der Waals surface area contributed by atoms with Gasteiger partial charge in [0.15, 0.2) is 0 Å². The van der Waals surface area contributed by atoms with E-state index in [-0.39, 0.29) is 0 Å². The zero-order valence-corrected chi connectivity index (χ0v) is 14.7. The quantitative estimate of drug-likeness (QED) is 0.475. The van der Waals surface area contributed by atoms with Gasteiger partial charge in [0.25, 0.3) is 0 Å². The predicted octanol–water partition coefficient (Wildman–Crippen LogP) is 5.44. The van der Waals surface area contributed by atoms with Crippen LogP contribution in [0.3, 0.4) is 0 Å². The number of benzene rings is 2. The summed E-state index contributed by atoms with van der Waals surface area (Å²) in [5.74, 6) is 8.16. The molecule has 0 aliphatic carbocycles. The molecule has 0 heterocycles. The monoisotopic (exact) mass is 322 g/mol. The molecule has 2 rings (SSSR count). The summed E-state index contributed by atoms with van der Waals surface area (Å²) < 4.78 is 11.5. The van der Waals surface area contributed by atoms with Crippen molar-refractivity contribution in [3.8, 4) is 23.3 Å². The fourth-order valence-corrected chi connectivity index (χ4v) is 2.14. The van der Waals surface area contributed by atoms with E-state index in [4.69, 9.17) is 9.47 Å².